The van der Waals surface area contributed by atoms with E-state index in [9.17, 15) is 5.11 Å². The summed E-state index contributed by atoms with van der Waals surface area (Å²) in [6.45, 7) is 3.28. The van der Waals surface area contributed by atoms with Gasteiger partial charge in [-0.25, -0.2) is 0 Å². The van der Waals surface area contributed by atoms with Crippen LogP contribution in [0.4, 0.5) is 0 Å². The molecule has 0 aliphatic carbocycles. The van der Waals surface area contributed by atoms with Gasteiger partial charge in [0.2, 0.25) is 0 Å². The number of hydrogen-bond donors (Lipinski definition) is 1. The van der Waals surface area contributed by atoms with Crippen LogP contribution in [0.3, 0.4) is 0 Å². The molecule has 0 spiro atoms. The molecule has 2 heteroatoms. The summed E-state index contributed by atoms with van der Waals surface area (Å²) in [6, 6.07) is 17.1. The van der Waals surface area contributed by atoms with Crippen molar-refractivity contribution in [2.75, 3.05) is 13.6 Å². The molecule has 0 amide bonds. The molecule has 0 bridgehead atoms. The molecule has 2 nitrogen and oxygen atoms in total. The molecule has 0 radical (unpaired) electrons. The average molecular weight is 295 g/mol. The zero-order valence-electron chi connectivity index (χ0n) is 13.5. The minimum absolute atomic E-state index is 0.256. The molecule has 1 aliphatic heterocycles. The van der Waals surface area contributed by atoms with E-state index in [1.54, 1.807) is 0 Å². The van der Waals surface area contributed by atoms with Gasteiger partial charge in [0.25, 0.3) is 0 Å². The second-order valence-corrected chi connectivity index (χ2v) is 6.54. The Morgan fingerprint density at radius 1 is 1.18 bits per heavy atom. The van der Waals surface area contributed by atoms with Gasteiger partial charge in [0.15, 0.2) is 0 Å². The van der Waals surface area contributed by atoms with Crippen LogP contribution in [0, 0.1) is 6.92 Å². The van der Waals surface area contributed by atoms with Crippen LogP contribution in [-0.4, -0.2) is 29.6 Å². The zero-order chi connectivity index (χ0) is 15.5. The van der Waals surface area contributed by atoms with Crippen LogP contribution < -0.4 is 0 Å². The molecule has 2 unspecified atom stereocenters. The number of rotatable bonds is 4. The van der Waals surface area contributed by atoms with Crippen molar-refractivity contribution < 1.29 is 5.11 Å². The SMILES string of the molecule is Cc1ccc(O)c(C(CC2CCCN2C)c2ccccc2)c1. The Morgan fingerprint density at radius 3 is 2.64 bits per heavy atom. The summed E-state index contributed by atoms with van der Waals surface area (Å²) in [7, 11) is 2.22. The number of phenolic OH excluding ortho intramolecular Hbond substituents is 1. The third-order valence-electron chi connectivity index (χ3n) is 4.94. The summed E-state index contributed by atoms with van der Waals surface area (Å²) in [4.78, 5) is 2.46. The van der Waals surface area contributed by atoms with Gasteiger partial charge in [-0.1, -0.05) is 48.0 Å². The highest BCUT2D eigenvalue weighted by Gasteiger charge is 2.27. The molecular formula is C20H25NO. The third-order valence-corrected chi connectivity index (χ3v) is 4.94. The van der Waals surface area contributed by atoms with E-state index in [4.69, 9.17) is 0 Å². The maximum Gasteiger partial charge on any atom is 0.119 e. The molecule has 1 saturated heterocycles. The van der Waals surface area contributed by atoms with Crippen molar-refractivity contribution in [2.45, 2.75) is 38.1 Å². The summed E-state index contributed by atoms with van der Waals surface area (Å²) < 4.78 is 0. The minimum Gasteiger partial charge on any atom is -0.508 e. The Bertz CT molecular complexity index is 623. The summed E-state index contributed by atoms with van der Waals surface area (Å²) in [5.41, 5.74) is 3.56. The Hall–Kier alpha value is -1.80. The Kier molecular flexibility index (Phi) is 4.49. The molecule has 1 fully saturated rings. The quantitative estimate of drug-likeness (QED) is 0.908. The van der Waals surface area contributed by atoms with E-state index in [0.717, 1.165) is 12.0 Å². The van der Waals surface area contributed by atoms with Crippen molar-refractivity contribution in [2.24, 2.45) is 0 Å². The lowest BCUT2D eigenvalue weighted by Crippen LogP contribution is -2.27. The van der Waals surface area contributed by atoms with E-state index in [-0.39, 0.29) is 5.92 Å². The molecule has 3 rings (SSSR count). The molecule has 2 aromatic carbocycles. The van der Waals surface area contributed by atoms with Gasteiger partial charge >= 0.3 is 0 Å². The van der Waals surface area contributed by atoms with Crippen molar-refractivity contribution in [3.63, 3.8) is 0 Å². The van der Waals surface area contributed by atoms with E-state index in [2.05, 4.69) is 55.3 Å². The fourth-order valence-corrected chi connectivity index (χ4v) is 3.63. The average Bonchev–Trinajstić information content (AvgIpc) is 2.93. The van der Waals surface area contributed by atoms with Crippen molar-refractivity contribution in [3.05, 3.63) is 65.2 Å². The van der Waals surface area contributed by atoms with Gasteiger partial charge in [0, 0.05) is 17.5 Å². The molecule has 2 aromatic rings. The summed E-state index contributed by atoms with van der Waals surface area (Å²) >= 11 is 0. The van der Waals surface area contributed by atoms with E-state index in [1.807, 2.05) is 12.1 Å². The molecule has 1 heterocycles. The number of likely N-dealkylation sites (tertiary alicyclic amines) is 1. The molecule has 0 aromatic heterocycles. The second-order valence-electron chi connectivity index (χ2n) is 6.54. The van der Waals surface area contributed by atoms with Gasteiger partial charge in [-0.15, -0.1) is 0 Å². The first-order valence-electron chi connectivity index (χ1n) is 8.20. The van der Waals surface area contributed by atoms with Gasteiger partial charge < -0.3 is 10.0 Å². The fraction of sp³-hybridized carbons (Fsp3) is 0.400. The maximum atomic E-state index is 10.4. The number of aryl methyl sites for hydroxylation is 1. The van der Waals surface area contributed by atoms with Crippen LogP contribution in [-0.2, 0) is 0 Å². The number of nitrogens with zero attached hydrogens (tertiary/aromatic N) is 1. The predicted octanol–water partition coefficient (Wildman–Crippen LogP) is 4.32. The van der Waals surface area contributed by atoms with Crippen molar-refractivity contribution in [3.8, 4) is 5.75 Å². The number of hydrogen-bond acceptors (Lipinski definition) is 2. The molecular weight excluding hydrogens is 270 g/mol. The molecule has 1 aliphatic rings. The highest BCUT2D eigenvalue weighted by atomic mass is 16.3. The van der Waals surface area contributed by atoms with Gasteiger partial charge in [-0.05, 0) is 51.4 Å². The maximum absolute atomic E-state index is 10.4. The Balaban J connectivity index is 1.97. The second kappa shape index (κ2) is 6.53. The van der Waals surface area contributed by atoms with Crippen LogP contribution in [0.5, 0.6) is 5.75 Å². The highest BCUT2D eigenvalue weighted by Crippen LogP contribution is 2.37. The van der Waals surface area contributed by atoms with Crippen LogP contribution >= 0.6 is 0 Å². The van der Waals surface area contributed by atoms with Crippen molar-refractivity contribution in [1.29, 1.82) is 0 Å². The van der Waals surface area contributed by atoms with Crippen LogP contribution in [0.15, 0.2) is 48.5 Å². The van der Waals surface area contributed by atoms with Crippen LogP contribution in [0.25, 0.3) is 0 Å². The summed E-state index contributed by atoms with van der Waals surface area (Å²) in [6.07, 6.45) is 3.60. The lowest BCUT2D eigenvalue weighted by molar-refractivity contribution is 0.287. The first-order valence-corrected chi connectivity index (χ1v) is 8.20. The minimum atomic E-state index is 0.256. The lowest BCUT2D eigenvalue weighted by atomic mass is 9.84. The normalized spacial score (nSPS) is 20.2. The first kappa shape index (κ1) is 15.1. The molecule has 2 atom stereocenters. The summed E-state index contributed by atoms with van der Waals surface area (Å²) in [5.74, 6) is 0.673. The van der Waals surface area contributed by atoms with Gasteiger partial charge in [-0.3, -0.25) is 0 Å². The molecule has 1 N–H and O–H groups in total. The van der Waals surface area contributed by atoms with Gasteiger partial charge in [0.1, 0.15) is 5.75 Å². The number of aromatic hydroxyl groups is 1. The zero-order valence-corrected chi connectivity index (χ0v) is 13.5. The third kappa shape index (κ3) is 3.17. The molecule has 0 saturated carbocycles. The fourth-order valence-electron chi connectivity index (χ4n) is 3.63. The van der Waals surface area contributed by atoms with E-state index in [0.29, 0.717) is 11.8 Å². The van der Waals surface area contributed by atoms with Crippen LogP contribution in [0.2, 0.25) is 0 Å². The van der Waals surface area contributed by atoms with E-state index < -0.39 is 0 Å². The van der Waals surface area contributed by atoms with Crippen LogP contribution in [0.1, 0.15) is 41.9 Å². The van der Waals surface area contributed by atoms with Crippen molar-refractivity contribution in [1.82, 2.24) is 4.90 Å². The highest BCUT2D eigenvalue weighted by molar-refractivity contribution is 5.43. The van der Waals surface area contributed by atoms with Crippen molar-refractivity contribution >= 4 is 0 Å². The van der Waals surface area contributed by atoms with E-state index >= 15 is 0 Å². The Morgan fingerprint density at radius 2 is 1.95 bits per heavy atom. The monoisotopic (exact) mass is 295 g/mol. The summed E-state index contributed by atoms with van der Waals surface area (Å²) in [5, 5.41) is 10.4. The molecule has 22 heavy (non-hydrogen) atoms. The number of phenols is 1. The first-order chi connectivity index (χ1) is 10.6. The van der Waals surface area contributed by atoms with Gasteiger partial charge in [-0.2, -0.15) is 0 Å². The Labute approximate surface area is 133 Å². The van der Waals surface area contributed by atoms with Gasteiger partial charge in [0.05, 0.1) is 0 Å². The number of benzene rings is 2. The molecule has 116 valence electrons. The lowest BCUT2D eigenvalue weighted by Gasteiger charge is -2.27. The standard InChI is InChI=1S/C20H25NO/c1-15-10-11-20(22)19(13-15)18(16-7-4-3-5-8-16)14-17-9-6-12-21(17)2/h3-5,7-8,10-11,13,17-18,22H,6,9,12,14H2,1-2H3. The topological polar surface area (TPSA) is 23.5 Å². The van der Waals surface area contributed by atoms with E-state index in [1.165, 1.54) is 30.5 Å². The largest absolute Gasteiger partial charge is 0.508 e. The smallest absolute Gasteiger partial charge is 0.119 e. The predicted molar refractivity (Wildman–Crippen MR) is 91.4 cm³/mol.